The molecule has 1 aromatic carbocycles. The summed E-state index contributed by atoms with van der Waals surface area (Å²) in [6.45, 7) is 5.99. The number of ether oxygens (including phenoxy) is 2. The van der Waals surface area contributed by atoms with Gasteiger partial charge in [0, 0.05) is 5.92 Å². The summed E-state index contributed by atoms with van der Waals surface area (Å²) in [5, 5.41) is 0. The molecular weight excluding hydrogens is 216 g/mol. The van der Waals surface area contributed by atoms with Crippen molar-refractivity contribution in [3.63, 3.8) is 0 Å². The number of hydrogen-bond donors (Lipinski definition) is 0. The lowest BCUT2D eigenvalue weighted by Crippen LogP contribution is -2.18. The highest BCUT2D eigenvalue weighted by molar-refractivity contribution is 6.02. The van der Waals surface area contributed by atoms with E-state index in [-0.39, 0.29) is 17.6 Å². The molecule has 0 spiro atoms. The molecule has 3 nitrogen and oxygen atoms in total. The fraction of sp³-hybridized carbons (Fsp3) is 0.500. The minimum absolute atomic E-state index is 0.0554. The molecule has 1 atom stereocenters. The number of ketones is 1. The topological polar surface area (TPSA) is 35.5 Å². The van der Waals surface area contributed by atoms with Gasteiger partial charge in [0.2, 0.25) is 0 Å². The van der Waals surface area contributed by atoms with E-state index in [9.17, 15) is 4.79 Å². The number of carbonyl (C=O) groups is 1. The second-order valence-electron chi connectivity index (χ2n) is 4.43. The van der Waals surface area contributed by atoms with Crippen LogP contribution in [0.3, 0.4) is 0 Å². The molecule has 0 aliphatic heterocycles. The van der Waals surface area contributed by atoms with Crippen molar-refractivity contribution in [2.75, 3.05) is 14.2 Å². The molecule has 94 valence electrons. The van der Waals surface area contributed by atoms with Gasteiger partial charge in [-0.25, -0.2) is 0 Å². The Kier molecular flexibility index (Phi) is 4.55. The molecule has 0 heterocycles. The van der Waals surface area contributed by atoms with Crippen molar-refractivity contribution in [3.8, 4) is 11.5 Å². The smallest absolute Gasteiger partial charge is 0.173 e. The molecule has 0 radical (unpaired) electrons. The summed E-state index contributed by atoms with van der Waals surface area (Å²) in [7, 11) is 3.12. The minimum Gasteiger partial charge on any atom is -0.496 e. The number of benzene rings is 1. The van der Waals surface area contributed by atoms with Crippen LogP contribution in [-0.4, -0.2) is 20.0 Å². The van der Waals surface area contributed by atoms with E-state index < -0.39 is 0 Å². The van der Waals surface area contributed by atoms with Crippen LogP contribution in [0.25, 0.3) is 0 Å². The summed E-state index contributed by atoms with van der Waals surface area (Å²) >= 11 is 0. The lowest BCUT2D eigenvalue weighted by Gasteiger charge is -2.18. The Balaban J connectivity index is 3.23. The zero-order valence-electron chi connectivity index (χ0n) is 11.1. The van der Waals surface area contributed by atoms with Crippen LogP contribution >= 0.6 is 0 Å². The van der Waals surface area contributed by atoms with Gasteiger partial charge in [0.25, 0.3) is 0 Å². The number of Topliss-reactive ketones (excluding diaryl/α,β-unsaturated/α-hetero) is 1. The summed E-state index contributed by atoms with van der Waals surface area (Å²) in [4.78, 5) is 12.4. The van der Waals surface area contributed by atoms with Crippen LogP contribution in [0.5, 0.6) is 11.5 Å². The fourth-order valence-electron chi connectivity index (χ4n) is 1.62. The zero-order valence-corrected chi connectivity index (χ0v) is 11.1. The lowest BCUT2D eigenvalue weighted by atomic mass is 9.89. The van der Waals surface area contributed by atoms with Crippen LogP contribution in [-0.2, 0) is 0 Å². The average molecular weight is 236 g/mol. The first-order chi connectivity index (χ1) is 8.02. The quantitative estimate of drug-likeness (QED) is 0.736. The van der Waals surface area contributed by atoms with E-state index >= 15 is 0 Å². The highest BCUT2D eigenvalue weighted by Gasteiger charge is 2.24. The summed E-state index contributed by atoms with van der Waals surface area (Å²) in [5.74, 6) is 1.44. The number of carbonyl (C=O) groups excluding carboxylic acids is 1. The maximum atomic E-state index is 12.4. The van der Waals surface area contributed by atoms with Gasteiger partial charge in [-0.2, -0.15) is 0 Å². The van der Waals surface area contributed by atoms with Gasteiger partial charge in [-0.05, 0) is 18.1 Å². The van der Waals surface area contributed by atoms with E-state index in [1.165, 1.54) is 0 Å². The molecule has 0 aliphatic rings. The summed E-state index contributed by atoms with van der Waals surface area (Å²) in [6, 6.07) is 5.38. The van der Waals surface area contributed by atoms with Gasteiger partial charge < -0.3 is 9.47 Å². The third-order valence-corrected chi connectivity index (χ3v) is 3.09. The fourth-order valence-corrected chi connectivity index (χ4v) is 1.62. The largest absolute Gasteiger partial charge is 0.496 e. The molecule has 0 N–H and O–H groups in total. The monoisotopic (exact) mass is 236 g/mol. The Morgan fingerprint density at radius 2 is 1.53 bits per heavy atom. The second kappa shape index (κ2) is 5.71. The van der Waals surface area contributed by atoms with E-state index in [1.54, 1.807) is 26.4 Å². The van der Waals surface area contributed by atoms with E-state index in [2.05, 4.69) is 0 Å². The van der Waals surface area contributed by atoms with Gasteiger partial charge in [0.1, 0.15) is 17.1 Å². The summed E-state index contributed by atoms with van der Waals surface area (Å²) in [6.07, 6.45) is 0. The Hall–Kier alpha value is -1.51. The molecule has 0 aromatic heterocycles. The molecule has 17 heavy (non-hydrogen) atoms. The first kappa shape index (κ1) is 13.6. The van der Waals surface area contributed by atoms with Crippen molar-refractivity contribution >= 4 is 5.78 Å². The Morgan fingerprint density at radius 1 is 1.06 bits per heavy atom. The number of methoxy groups -OCH3 is 2. The van der Waals surface area contributed by atoms with Crippen LogP contribution in [0.4, 0.5) is 0 Å². The van der Waals surface area contributed by atoms with E-state index in [4.69, 9.17) is 9.47 Å². The Bertz CT molecular complexity index is 374. The molecule has 0 saturated heterocycles. The maximum Gasteiger partial charge on any atom is 0.173 e. The minimum atomic E-state index is -0.0554. The van der Waals surface area contributed by atoms with E-state index in [0.717, 1.165) is 0 Å². The third kappa shape index (κ3) is 2.78. The molecule has 0 saturated carbocycles. The maximum absolute atomic E-state index is 12.4. The molecule has 1 aromatic rings. The SMILES string of the molecule is COc1cccc(OC)c1C(=O)C(C)C(C)C. The molecular formula is C14H20O3. The Morgan fingerprint density at radius 3 is 1.88 bits per heavy atom. The molecule has 3 heteroatoms. The van der Waals surface area contributed by atoms with Crippen LogP contribution in [0.1, 0.15) is 31.1 Å². The van der Waals surface area contributed by atoms with Crippen molar-refractivity contribution in [2.45, 2.75) is 20.8 Å². The van der Waals surface area contributed by atoms with Crippen molar-refractivity contribution < 1.29 is 14.3 Å². The molecule has 0 bridgehead atoms. The van der Waals surface area contributed by atoms with Crippen molar-refractivity contribution in [3.05, 3.63) is 23.8 Å². The highest BCUT2D eigenvalue weighted by Crippen LogP contribution is 2.32. The van der Waals surface area contributed by atoms with Gasteiger partial charge in [0.05, 0.1) is 14.2 Å². The molecule has 1 unspecified atom stereocenters. The highest BCUT2D eigenvalue weighted by atomic mass is 16.5. The summed E-state index contributed by atoms with van der Waals surface area (Å²) < 4.78 is 10.5. The van der Waals surface area contributed by atoms with Crippen molar-refractivity contribution in [1.29, 1.82) is 0 Å². The average Bonchev–Trinajstić information content (AvgIpc) is 2.35. The number of hydrogen-bond acceptors (Lipinski definition) is 3. The van der Waals surface area contributed by atoms with E-state index in [0.29, 0.717) is 17.1 Å². The van der Waals surface area contributed by atoms with Crippen molar-refractivity contribution in [1.82, 2.24) is 0 Å². The van der Waals surface area contributed by atoms with E-state index in [1.807, 2.05) is 26.8 Å². The zero-order chi connectivity index (χ0) is 13.0. The van der Waals surface area contributed by atoms with Crippen LogP contribution in [0, 0.1) is 11.8 Å². The van der Waals surface area contributed by atoms with Crippen LogP contribution in [0.2, 0.25) is 0 Å². The molecule has 0 fully saturated rings. The normalized spacial score (nSPS) is 12.4. The van der Waals surface area contributed by atoms with Crippen LogP contribution < -0.4 is 9.47 Å². The molecule has 0 aliphatic carbocycles. The van der Waals surface area contributed by atoms with Gasteiger partial charge in [-0.1, -0.05) is 26.8 Å². The molecule has 0 amide bonds. The predicted octanol–water partition coefficient (Wildman–Crippen LogP) is 3.18. The van der Waals surface area contributed by atoms with Gasteiger partial charge in [-0.3, -0.25) is 4.79 Å². The third-order valence-electron chi connectivity index (χ3n) is 3.09. The first-order valence-corrected chi connectivity index (χ1v) is 5.78. The predicted molar refractivity (Wildman–Crippen MR) is 67.9 cm³/mol. The standard InChI is InChI=1S/C14H20O3/c1-9(2)10(3)14(15)13-11(16-4)7-6-8-12(13)17-5/h6-10H,1-5H3. The Labute approximate surface area is 103 Å². The van der Waals surface area contributed by atoms with Crippen molar-refractivity contribution in [2.24, 2.45) is 11.8 Å². The van der Waals surface area contributed by atoms with Crippen LogP contribution in [0.15, 0.2) is 18.2 Å². The number of rotatable bonds is 5. The van der Waals surface area contributed by atoms with Gasteiger partial charge in [-0.15, -0.1) is 0 Å². The van der Waals surface area contributed by atoms with Gasteiger partial charge in [0.15, 0.2) is 5.78 Å². The lowest BCUT2D eigenvalue weighted by molar-refractivity contribution is 0.0893. The second-order valence-corrected chi connectivity index (χ2v) is 4.43. The summed E-state index contributed by atoms with van der Waals surface area (Å²) in [5.41, 5.74) is 0.540. The first-order valence-electron chi connectivity index (χ1n) is 5.78. The molecule has 1 rings (SSSR count). The van der Waals surface area contributed by atoms with Gasteiger partial charge >= 0.3 is 0 Å².